The van der Waals surface area contributed by atoms with E-state index in [1.54, 1.807) is 9.80 Å². The van der Waals surface area contributed by atoms with Crippen LogP contribution < -0.4 is 10.6 Å². The molecule has 0 aromatic heterocycles. The molecule has 268 valence electrons. The zero-order chi connectivity index (χ0) is 35.1. The fourth-order valence-corrected chi connectivity index (χ4v) is 7.23. The summed E-state index contributed by atoms with van der Waals surface area (Å²) in [6, 6.07) is 9.86. The van der Waals surface area contributed by atoms with Gasteiger partial charge in [0.15, 0.2) is 6.10 Å². The van der Waals surface area contributed by atoms with Crippen molar-refractivity contribution >= 4 is 35.7 Å². The number of benzene rings is 2. The molecule has 2 aromatic rings. The molecule has 0 bridgehead atoms. The third-order valence-corrected chi connectivity index (χ3v) is 10.1. The highest BCUT2D eigenvalue weighted by molar-refractivity contribution is 6.32. The smallest absolute Gasteiger partial charge is 0.420 e. The zero-order valence-corrected chi connectivity index (χ0v) is 28.3. The maximum Gasteiger partial charge on any atom is 0.420 e. The number of halogens is 4. The number of piperidine rings is 2. The van der Waals surface area contributed by atoms with Gasteiger partial charge in [0, 0.05) is 77.1 Å². The number of carbonyl (C=O) groups is 3. The predicted molar refractivity (Wildman–Crippen MR) is 178 cm³/mol. The minimum atomic E-state index is -4.89. The summed E-state index contributed by atoms with van der Waals surface area (Å²) >= 11 is 5.97. The van der Waals surface area contributed by atoms with Gasteiger partial charge in [-0.05, 0) is 68.1 Å². The molecule has 0 spiro atoms. The van der Waals surface area contributed by atoms with Crippen LogP contribution >= 0.6 is 11.6 Å². The number of para-hydroxylation sites is 1. The lowest BCUT2D eigenvalue weighted by atomic mass is 10.0. The van der Waals surface area contributed by atoms with Crippen LogP contribution in [-0.2, 0) is 33.5 Å². The van der Waals surface area contributed by atoms with Crippen molar-refractivity contribution < 1.29 is 37.4 Å². The van der Waals surface area contributed by atoms with E-state index in [1.807, 2.05) is 31.3 Å². The monoisotopic (exact) mass is 708 g/mol. The molecule has 0 saturated carbocycles. The molecule has 5 rings (SSSR count). The van der Waals surface area contributed by atoms with Crippen molar-refractivity contribution in [2.24, 2.45) is 0 Å². The molecule has 49 heavy (non-hydrogen) atoms. The number of aromatic hydroxyl groups is 1. The lowest BCUT2D eigenvalue weighted by molar-refractivity contribution is -0.143. The number of nitrogens with zero attached hydrogens (tertiary/aromatic N) is 4. The maximum atomic E-state index is 13.9. The predicted octanol–water partition coefficient (Wildman–Crippen LogP) is 4.17. The van der Waals surface area contributed by atoms with E-state index in [-0.39, 0.29) is 31.1 Å². The molecule has 3 aliphatic rings. The van der Waals surface area contributed by atoms with E-state index in [2.05, 4.69) is 15.5 Å². The molecule has 3 aliphatic heterocycles. The van der Waals surface area contributed by atoms with E-state index in [1.165, 1.54) is 4.90 Å². The molecule has 3 heterocycles. The van der Waals surface area contributed by atoms with Crippen LogP contribution in [-0.4, -0.2) is 121 Å². The Morgan fingerprint density at radius 2 is 1.73 bits per heavy atom. The molecule has 3 fully saturated rings. The zero-order valence-electron chi connectivity index (χ0n) is 27.6. The van der Waals surface area contributed by atoms with Crippen molar-refractivity contribution in [2.45, 2.75) is 63.0 Å². The summed E-state index contributed by atoms with van der Waals surface area (Å²) in [7, 11) is 1.81. The second-order valence-corrected chi connectivity index (χ2v) is 13.2. The number of rotatable bonds is 10. The first-order valence-electron chi connectivity index (χ1n) is 16.7. The molecule has 3 N–H and O–H groups in total. The normalized spacial score (nSPS) is 19.0. The average molecular weight is 709 g/mol. The van der Waals surface area contributed by atoms with E-state index in [4.69, 9.17) is 16.3 Å². The summed E-state index contributed by atoms with van der Waals surface area (Å²) in [6.07, 6.45) is -3.62. The fraction of sp³-hybridized carbons (Fsp3) is 0.559. The number of likely N-dealkylation sites (tertiary alicyclic amines) is 1. The molecule has 3 saturated heterocycles. The summed E-state index contributed by atoms with van der Waals surface area (Å²) in [5, 5.41) is 15.9. The van der Waals surface area contributed by atoms with E-state index >= 15 is 0 Å². The van der Waals surface area contributed by atoms with Gasteiger partial charge < -0.3 is 35.2 Å². The van der Waals surface area contributed by atoms with Crippen molar-refractivity contribution in [2.75, 3.05) is 64.7 Å². The van der Waals surface area contributed by atoms with Gasteiger partial charge in [0.2, 0.25) is 6.41 Å². The third-order valence-electron chi connectivity index (χ3n) is 9.79. The van der Waals surface area contributed by atoms with Crippen LogP contribution in [0.4, 0.5) is 23.7 Å². The number of piperazine rings is 1. The summed E-state index contributed by atoms with van der Waals surface area (Å²) < 4.78 is 46.9. The number of carbonyl (C=O) groups excluding carboxylic acids is 3. The van der Waals surface area contributed by atoms with Gasteiger partial charge in [-0.25, -0.2) is 4.79 Å². The van der Waals surface area contributed by atoms with E-state index in [0.717, 1.165) is 55.7 Å². The first-order valence-corrected chi connectivity index (χ1v) is 17.1. The van der Waals surface area contributed by atoms with Gasteiger partial charge in [-0.2, -0.15) is 13.2 Å². The highest BCUT2D eigenvalue weighted by Gasteiger charge is 2.38. The highest BCUT2D eigenvalue weighted by atomic mass is 35.5. The first kappa shape index (κ1) is 36.5. The van der Waals surface area contributed by atoms with E-state index in [0.29, 0.717) is 51.6 Å². The summed E-state index contributed by atoms with van der Waals surface area (Å²) in [4.78, 5) is 46.6. The Kier molecular flexibility index (Phi) is 12.2. The Morgan fingerprint density at radius 3 is 2.37 bits per heavy atom. The van der Waals surface area contributed by atoms with Crippen molar-refractivity contribution in [3.8, 4) is 5.75 Å². The average Bonchev–Trinajstić information content (AvgIpc) is 3.11. The maximum absolute atomic E-state index is 13.9. The molecule has 0 unspecified atom stereocenters. The number of anilines is 1. The number of phenolic OH excluding ortho intramolecular Hbond substituents is 1. The molecule has 1 atom stereocenters. The summed E-state index contributed by atoms with van der Waals surface area (Å²) in [5.41, 5.74) is 0.537. The Morgan fingerprint density at radius 1 is 1.06 bits per heavy atom. The Labute approximate surface area is 289 Å². The van der Waals surface area contributed by atoms with Crippen LogP contribution in [0.15, 0.2) is 36.4 Å². The molecule has 3 amide bonds. The van der Waals surface area contributed by atoms with Gasteiger partial charge in [-0.15, -0.1) is 0 Å². The highest BCUT2D eigenvalue weighted by Crippen LogP contribution is 2.40. The molecule has 15 heteroatoms. The van der Waals surface area contributed by atoms with Gasteiger partial charge in [-0.1, -0.05) is 29.8 Å². The quantitative estimate of drug-likeness (QED) is 0.315. The van der Waals surface area contributed by atoms with Gasteiger partial charge in [0.05, 0.1) is 10.6 Å². The van der Waals surface area contributed by atoms with Gasteiger partial charge in [-0.3, -0.25) is 14.5 Å². The number of ether oxygens (including phenoxy) is 1. The molecule has 2 aromatic carbocycles. The SMILES string of the molecule is CNc1ccccc1CN(C=O)C1CCN(C(=O)O[C@H](Cc2cc(Cl)c(O)c(C(F)(F)F)c2)C(=O)N2CCN(C3CCNCC3)CC2)CC1. The topological polar surface area (TPSA) is 118 Å². The van der Waals surface area contributed by atoms with Crippen LogP contribution in [0.25, 0.3) is 0 Å². The van der Waals surface area contributed by atoms with Crippen LogP contribution in [0.2, 0.25) is 5.02 Å². The first-order chi connectivity index (χ1) is 23.5. The second kappa shape index (κ2) is 16.3. The van der Waals surface area contributed by atoms with Gasteiger partial charge in [0.25, 0.3) is 5.91 Å². The van der Waals surface area contributed by atoms with Crippen LogP contribution in [0, 0.1) is 0 Å². The molecule has 0 radical (unpaired) electrons. The van der Waals surface area contributed by atoms with E-state index in [9.17, 15) is 32.7 Å². The minimum Gasteiger partial charge on any atom is -0.506 e. The molecular formula is C34H44ClF3N6O5. The minimum absolute atomic E-state index is 0.00296. The van der Waals surface area contributed by atoms with Crippen molar-refractivity contribution in [3.05, 3.63) is 58.1 Å². The van der Waals surface area contributed by atoms with Crippen LogP contribution in [0.1, 0.15) is 42.4 Å². The van der Waals surface area contributed by atoms with Gasteiger partial charge >= 0.3 is 12.3 Å². The Hall–Kier alpha value is -3.75. The molecular weight excluding hydrogens is 665 g/mol. The second-order valence-electron chi connectivity index (χ2n) is 12.8. The summed E-state index contributed by atoms with van der Waals surface area (Å²) in [6.45, 7) is 4.86. The Bertz CT molecular complexity index is 1460. The third kappa shape index (κ3) is 9.08. The van der Waals surface area contributed by atoms with E-state index < -0.39 is 40.6 Å². The van der Waals surface area contributed by atoms with Crippen LogP contribution in [0.3, 0.4) is 0 Å². The Balaban J connectivity index is 1.26. The number of hydrogen-bond acceptors (Lipinski definition) is 8. The number of amides is 3. The number of phenols is 1. The number of hydrogen-bond donors (Lipinski definition) is 3. The van der Waals surface area contributed by atoms with Crippen molar-refractivity contribution in [1.82, 2.24) is 24.9 Å². The lowest BCUT2D eigenvalue weighted by Gasteiger charge is -2.41. The standard InChI is InChI=1S/C34H44ClF3N6O5/c1-39-29-5-3-2-4-24(29)21-44(22-45)26-8-12-43(13-9-26)33(48)49-30(20-23-18-27(34(36,37)38)31(46)28(35)19-23)32(47)42-16-14-41(15-17-42)25-6-10-40-11-7-25/h2-5,18-19,22,25-26,30,39-40,46H,6-17,20-21H2,1H3/t30-/m1/s1. The molecule has 0 aliphatic carbocycles. The fourth-order valence-electron chi connectivity index (χ4n) is 6.99. The van der Waals surface area contributed by atoms with Crippen molar-refractivity contribution in [3.63, 3.8) is 0 Å². The van der Waals surface area contributed by atoms with Crippen LogP contribution in [0.5, 0.6) is 5.75 Å². The van der Waals surface area contributed by atoms with Gasteiger partial charge in [0.1, 0.15) is 5.75 Å². The molecule has 11 nitrogen and oxygen atoms in total. The summed E-state index contributed by atoms with van der Waals surface area (Å²) in [5.74, 6) is -1.60. The number of alkyl halides is 3. The number of nitrogens with one attached hydrogen (secondary N) is 2. The van der Waals surface area contributed by atoms with Crippen molar-refractivity contribution in [1.29, 1.82) is 0 Å². The lowest BCUT2D eigenvalue weighted by Crippen LogP contribution is -2.56. The largest absolute Gasteiger partial charge is 0.506 e.